The molecule has 3 rings (SSSR count). The number of anilines is 1. The van der Waals surface area contributed by atoms with Crippen LogP contribution in [0.3, 0.4) is 0 Å². The smallest absolute Gasteiger partial charge is 0.231 e. The molecule has 0 N–H and O–H groups in total. The number of rotatable bonds is 3. The van der Waals surface area contributed by atoms with Crippen LogP contribution in [0.15, 0.2) is 47.1 Å². The highest BCUT2D eigenvalue weighted by Gasteiger charge is 2.18. The Hall–Kier alpha value is -2.26. The molecule has 23 heavy (non-hydrogen) atoms. The molecule has 0 atom stereocenters. The first-order valence-electron chi connectivity index (χ1n) is 7.46. The molecule has 0 saturated heterocycles. The first-order chi connectivity index (χ1) is 11.0. The van der Waals surface area contributed by atoms with Gasteiger partial charge in [0.05, 0.1) is 12.7 Å². The van der Waals surface area contributed by atoms with E-state index in [9.17, 15) is 4.79 Å². The Bertz CT molecular complexity index is 868. The zero-order valence-electron chi connectivity index (χ0n) is 13.4. The average Bonchev–Trinajstić information content (AvgIpc) is 2.95. The third-order valence-electron chi connectivity index (χ3n) is 4.15. The van der Waals surface area contributed by atoms with Crippen LogP contribution in [-0.2, 0) is 11.2 Å². The molecule has 0 aliphatic carbocycles. The van der Waals surface area contributed by atoms with Gasteiger partial charge in [0.15, 0.2) is 0 Å². The second-order valence-corrected chi connectivity index (χ2v) is 6.11. The van der Waals surface area contributed by atoms with E-state index in [4.69, 9.17) is 16.0 Å². The van der Waals surface area contributed by atoms with E-state index in [1.807, 2.05) is 50.2 Å². The highest BCUT2D eigenvalue weighted by atomic mass is 35.5. The fourth-order valence-corrected chi connectivity index (χ4v) is 2.96. The highest BCUT2D eigenvalue weighted by molar-refractivity contribution is 6.33. The predicted molar refractivity (Wildman–Crippen MR) is 94.3 cm³/mol. The maximum absolute atomic E-state index is 12.6. The monoisotopic (exact) mass is 327 g/mol. The van der Waals surface area contributed by atoms with Gasteiger partial charge in [-0.05, 0) is 43.2 Å². The lowest BCUT2D eigenvalue weighted by Crippen LogP contribution is -2.27. The van der Waals surface area contributed by atoms with Gasteiger partial charge in [0.1, 0.15) is 5.58 Å². The maximum atomic E-state index is 12.6. The lowest BCUT2D eigenvalue weighted by Gasteiger charge is -2.17. The van der Waals surface area contributed by atoms with Crippen LogP contribution in [0.1, 0.15) is 16.7 Å². The normalized spacial score (nSPS) is 11.0. The third kappa shape index (κ3) is 2.84. The number of benzene rings is 2. The Morgan fingerprint density at radius 3 is 2.61 bits per heavy atom. The fraction of sp³-hybridized carbons (Fsp3) is 0.211. The molecule has 0 fully saturated rings. The van der Waals surface area contributed by atoms with Gasteiger partial charge in [0.25, 0.3) is 0 Å². The van der Waals surface area contributed by atoms with Gasteiger partial charge in [0.2, 0.25) is 5.91 Å². The number of amides is 1. The molecule has 3 nitrogen and oxygen atoms in total. The molecule has 0 saturated carbocycles. The zero-order chi connectivity index (χ0) is 16.6. The van der Waals surface area contributed by atoms with E-state index in [1.165, 1.54) is 0 Å². The molecule has 0 bridgehead atoms. The van der Waals surface area contributed by atoms with E-state index >= 15 is 0 Å². The number of nitrogens with zero attached hydrogens (tertiary/aromatic N) is 1. The summed E-state index contributed by atoms with van der Waals surface area (Å²) in [5.41, 5.74) is 4.45. The van der Waals surface area contributed by atoms with Crippen LogP contribution >= 0.6 is 11.6 Å². The summed E-state index contributed by atoms with van der Waals surface area (Å²) < 4.78 is 5.62. The van der Waals surface area contributed by atoms with Gasteiger partial charge in [-0.25, -0.2) is 0 Å². The lowest BCUT2D eigenvalue weighted by molar-refractivity contribution is -0.117. The standard InChI is InChI=1S/C19H18ClNO2/c1-12-9-16-18(13(2)19(12)20)14(11-23-16)10-17(22)21(3)15-7-5-4-6-8-15/h4-9,11H,10H2,1-3H3. The van der Waals surface area contributed by atoms with E-state index in [1.54, 1.807) is 18.2 Å². The van der Waals surface area contributed by atoms with Crippen molar-refractivity contribution in [1.82, 2.24) is 0 Å². The summed E-state index contributed by atoms with van der Waals surface area (Å²) in [6, 6.07) is 11.5. The summed E-state index contributed by atoms with van der Waals surface area (Å²) in [6.45, 7) is 3.91. The van der Waals surface area contributed by atoms with Crippen molar-refractivity contribution in [3.8, 4) is 0 Å². The summed E-state index contributed by atoms with van der Waals surface area (Å²) in [5.74, 6) is 0.00926. The van der Waals surface area contributed by atoms with Crippen LogP contribution in [0.5, 0.6) is 0 Å². The van der Waals surface area contributed by atoms with Crippen molar-refractivity contribution in [2.45, 2.75) is 20.3 Å². The number of furan rings is 1. The van der Waals surface area contributed by atoms with Crippen molar-refractivity contribution < 1.29 is 9.21 Å². The van der Waals surface area contributed by atoms with Crippen LogP contribution in [0.2, 0.25) is 5.02 Å². The molecule has 0 unspecified atom stereocenters. The summed E-state index contributed by atoms with van der Waals surface area (Å²) in [4.78, 5) is 14.2. The molecular formula is C19H18ClNO2. The van der Waals surface area contributed by atoms with Crippen LogP contribution in [0.4, 0.5) is 5.69 Å². The zero-order valence-corrected chi connectivity index (χ0v) is 14.1. The van der Waals surface area contributed by atoms with Crippen LogP contribution in [0, 0.1) is 13.8 Å². The molecule has 118 valence electrons. The van der Waals surface area contributed by atoms with Crippen molar-refractivity contribution in [2.24, 2.45) is 0 Å². The molecule has 0 spiro atoms. The summed E-state index contributed by atoms with van der Waals surface area (Å²) >= 11 is 6.34. The minimum Gasteiger partial charge on any atom is -0.464 e. The van der Waals surface area contributed by atoms with Crippen LogP contribution < -0.4 is 4.90 Å². The van der Waals surface area contributed by atoms with E-state index in [-0.39, 0.29) is 12.3 Å². The molecule has 3 aromatic rings. The lowest BCUT2D eigenvalue weighted by atomic mass is 10.0. The van der Waals surface area contributed by atoms with E-state index < -0.39 is 0 Å². The predicted octanol–water partition coefficient (Wildman–Crippen LogP) is 4.91. The first-order valence-corrected chi connectivity index (χ1v) is 7.84. The minimum atomic E-state index is 0.00926. The van der Waals surface area contributed by atoms with Crippen molar-refractivity contribution in [1.29, 1.82) is 0 Å². The molecule has 4 heteroatoms. The van der Waals surface area contributed by atoms with Crippen molar-refractivity contribution in [3.63, 3.8) is 0 Å². The molecule has 2 aromatic carbocycles. The number of hydrogen-bond acceptors (Lipinski definition) is 2. The van der Waals surface area contributed by atoms with E-state index in [2.05, 4.69) is 0 Å². The number of para-hydroxylation sites is 1. The van der Waals surface area contributed by atoms with E-state index in [0.717, 1.165) is 38.4 Å². The van der Waals surface area contributed by atoms with Gasteiger partial charge in [-0.15, -0.1) is 0 Å². The molecule has 0 radical (unpaired) electrons. The maximum Gasteiger partial charge on any atom is 0.231 e. The number of aryl methyl sites for hydroxylation is 2. The highest BCUT2D eigenvalue weighted by Crippen LogP contribution is 2.33. The van der Waals surface area contributed by atoms with Gasteiger partial charge in [0, 0.05) is 28.7 Å². The molecular weight excluding hydrogens is 310 g/mol. The van der Waals surface area contributed by atoms with Gasteiger partial charge >= 0.3 is 0 Å². The van der Waals surface area contributed by atoms with Gasteiger partial charge < -0.3 is 9.32 Å². The minimum absolute atomic E-state index is 0.00926. The second kappa shape index (κ2) is 6.09. The Kier molecular flexibility index (Phi) is 4.14. The topological polar surface area (TPSA) is 33.5 Å². The third-order valence-corrected chi connectivity index (χ3v) is 4.73. The van der Waals surface area contributed by atoms with Gasteiger partial charge in [-0.3, -0.25) is 4.79 Å². The number of halogens is 1. The van der Waals surface area contributed by atoms with Gasteiger partial charge in [-0.2, -0.15) is 0 Å². The molecule has 1 heterocycles. The molecule has 1 aromatic heterocycles. The summed E-state index contributed by atoms with van der Waals surface area (Å²) in [6.07, 6.45) is 1.93. The number of hydrogen-bond donors (Lipinski definition) is 0. The fourth-order valence-electron chi connectivity index (χ4n) is 2.82. The van der Waals surface area contributed by atoms with Crippen molar-refractivity contribution >= 4 is 34.2 Å². The number of carbonyl (C=O) groups is 1. The number of fused-ring (bicyclic) bond motifs is 1. The van der Waals surface area contributed by atoms with Gasteiger partial charge in [-0.1, -0.05) is 29.8 Å². The average molecular weight is 328 g/mol. The van der Waals surface area contributed by atoms with Crippen molar-refractivity contribution in [3.05, 3.63) is 64.4 Å². The summed E-state index contributed by atoms with van der Waals surface area (Å²) in [7, 11) is 1.78. The molecule has 1 amide bonds. The molecule has 0 aliphatic heterocycles. The Morgan fingerprint density at radius 1 is 1.22 bits per heavy atom. The SMILES string of the molecule is Cc1cc2occ(CC(=O)N(C)c3ccccc3)c2c(C)c1Cl. The van der Waals surface area contributed by atoms with Crippen molar-refractivity contribution in [2.75, 3.05) is 11.9 Å². The summed E-state index contributed by atoms with van der Waals surface area (Å²) in [5, 5.41) is 1.67. The number of carbonyl (C=O) groups excluding carboxylic acids is 1. The Balaban J connectivity index is 1.93. The van der Waals surface area contributed by atoms with Crippen LogP contribution in [0.25, 0.3) is 11.0 Å². The largest absolute Gasteiger partial charge is 0.464 e. The Morgan fingerprint density at radius 2 is 1.91 bits per heavy atom. The van der Waals surface area contributed by atoms with E-state index in [0.29, 0.717) is 0 Å². The molecule has 0 aliphatic rings. The second-order valence-electron chi connectivity index (χ2n) is 5.73. The Labute approximate surface area is 140 Å². The quantitative estimate of drug-likeness (QED) is 0.685. The number of likely N-dealkylation sites (N-methyl/N-ethyl adjacent to an activating group) is 1. The van der Waals surface area contributed by atoms with Crippen LogP contribution in [-0.4, -0.2) is 13.0 Å². The first kappa shape index (κ1) is 15.6.